The molecular weight excluding hydrogens is 226 g/mol. The second-order valence-electron chi connectivity index (χ2n) is 4.64. The highest BCUT2D eigenvalue weighted by molar-refractivity contribution is 5.77. The van der Waals surface area contributed by atoms with Crippen molar-refractivity contribution in [3.8, 4) is 6.07 Å². The zero-order valence-electron chi connectivity index (χ0n) is 10.7. The highest BCUT2D eigenvalue weighted by atomic mass is 16.3. The van der Waals surface area contributed by atoms with Crippen LogP contribution in [0.2, 0.25) is 0 Å². The predicted molar refractivity (Wildman–Crippen MR) is 70.2 cm³/mol. The third-order valence-electron chi connectivity index (χ3n) is 3.08. The molecule has 0 fully saturated rings. The van der Waals surface area contributed by atoms with Crippen molar-refractivity contribution in [3.63, 3.8) is 0 Å². The second kappa shape index (κ2) is 5.19. The van der Waals surface area contributed by atoms with Gasteiger partial charge in [0.2, 0.25) is 0 Å². The van der Waals surface area contributed by atoms with Crippen molar-refractivity contribution in [3.05, 3.63) is 29.6 Å². The maximum absolute atomic E-state index is 9.10. The minimum atomic E-state index is 0.0514. The maximum Gasteiger partial charge on any atom is 0.124 e. The summed E-state index contributed by atoms with van der Waals surface area (Å²) in [5, 5.41) is 17.9. The normalized spacial score (nSPS) is 11.1. The Kier molecular flexibility index (Phi) is 3.63. The number of hydrogen-bond acceptors (Lipinski definition) is 3. The number of imidazole rings is 1. The Bertz CT molecular complexity index is 593. The van der Waals surface area contributed by atoms with E-state index >= 15 is 0 Å². The first-order valence-corrected chi connectivity index (χ1v) is 6.14. The first-order valence-electron chi connectivity index (χ1n) is 6.14. The number of nitriles is 1. The molecule has 0 radical (unpaired) electrons. The molecule has 0 saturated heterocycles. The second-order valence-corrected chi connectivity index (χ2v) is 4.64. The number of nitrogens with zero attached hydrogens (tertiary/aromatic N) is 3. The zero-order chi connectivity index (χ0) is 13.1. The summed E-state index contributed by atoms with van der Waals surface area (Å²) in [6.07, 6.45) is 0.270. The Balaban J connectivity index is 2.57. The lowest BCUT2D eigenvalue weighted by molar-refractivity contribution is 0.276. The van der Waals surface area contributed by atoms with Crippen LogP contribution in [-0.4, -0.2) is 21.3 Å². The Morgan fingerprint density at radius 1 is 1.44 bits per heavy atom. The van der Waals surface area contributed by atoms with Gasteiger partial charge in [-0.05, 0) is 23.6 Å². The molecule has 0 aliphatic rings. The van der Waals surface area contributed by atoms with Gasteiger partial charge in [-0.2, -0.15) is 5.26 Å². The van der Waals surface area contributed by atoms with Gasteiger partial charge in [0, 0.05) is 6.54 Å². The fourth-order valence-electron chi connectivity index (χ4n) is 2.11. The van der Waals surface area contributed by atoms with E-state index in [2.05, 4.69) is 37.0 Å². The third-order valence-corrected chi connectivity index (χ3v) is 3.08. The van der Waals surface area contributed by atoms with E-state index in [9.17, 15) is 0 Å². The number of aliphatic hydroxyl groups is 1. The Labute approximate surface area is 106 Å². The van der Waals surface area contributed by atoms with Crippen LogP contribution in [0.25, 0.3) is 11.0 Å². The average Bonchev–Trinajstić information content (AvgIpc) is 2.68. The van der Waals surface area contributed by atoms with Crippen LogP contribution in [-0.2, 0) is 13.0 Å². The van der Waals surface area contributed by atoms with Gasteiger partial charge in [-0.25, -0.2) is 4.98 Å². The van der Waals surface area contributed by atoms with Gasteiger partial charge in [0.05, 0.1) is 30.1 Å². The highest BCUT2D eigenvalue weighted by Crippen LogP contribution is 2.22. The lowest BCUT2D eigenvalue weighted by Crippen LogP contribution is -2.06. The van der Waals surface area contributed by atoms with Crippen molar-refractivity contribution >= 4 is 11.0 Å². The average molecular weight is 243 g/mol. The summed E-state index contributed by atoms with van der Waals surface area (Å²) in [6.45, 7) is 4.81. The van der Waals surface area contributed by atoms with E-state index in [0.29, 0.717) is 12.5 Å². The van der Waals surface area contributed by atoms with E-state index in [1.807, 2.05) is 10.6 Å². The molecule has 0 aliphatic carbocycles. The third kappa shape index (κ3) is 2.22. The molecule has 18 heavy (non-hydrogen) atoms. The van der Waals surface area contributed by atoms with Gasteiger partial charge in [0.25, 0.3) is 0 Å². The molecule has 1 aromatic heterocycles. The van der Waals surface area contributed by atoms with E-state index in [-0.39, 0.29) is 13.0 Å². The summed E-state index contributed by atoms with van der Waals surface area (Å²) < 4.78 is 1.92. The zero-order valence-corrected chi connectivity index (χ0v) is 10.7. The predicted octanol–water partition coefficient (Wildman–Crippen LogP) is 2.22. The number of fused-ring (bicyclic) bond motifs is 1. The summed E-state index contributed by atoms with van der Waals surface area (Å²) in [5.74, 6) is 1.18. The Morgan fingerprint density at radius 3 is 2.83 bits per heavy atom. The molecule has 1 N–H and O–H groups in total. The topological polar surface area (TPSA) is 61.8 Å². The lowest BCUT2D eigenvalue weighted by atomic mass is 10.0. The molecule has 4 heteroatoms. The molecule has 0 aliphatic heterocycles. The number of rotatable bonds is 4. The number of benzene rings is 1. The van der Waals surface area contributed by atoms with Gasteiger partial charge in [0.1, 0.15) is 5.82 Å². The molecule has 94 valence electrons. The fourth-order valence-corrected chi connectivity index (χ4v) is 2.11. The molecule has 1 aromatic carbocycles. The number of aromatic nitrogens is 2. The van der Waals surface area contributed by atoms with E-state index in [1.165, 1.54) is 5.56 Å². The molecule has 2 rings (SSSR count). The van der Waals surface area contributed by atoms with Crippen molar-refractivity contribution in [2.75, 3.05) is 6.61 Å². The van der Waals surface area contributed by atoms with Crippen LogP contribution < -0.4 is 0 Å². The van der Waals surface area contributed by atoms with E-state index < -0.39 is 0 Å². The lowest BCUT2D eigenvalue weighted by Gasteiger charge is -2.06. The van der Waals surface area contributed by atoms with E-state index in [0.717, 1.165) is 16.9 Å². The minimum absolute atomic E-state index is 0.0514. The molecule has 0 atom stereocenters. The van der Waals surface area contributed by atoms with Crippen molar-refractivity contribution < 1.29 is 5.11 Å². The standard InChI is InChI=1S/C14H17N3O/c1-10(2)11-3-4-13-12(9-11)16-14(5-6-15)17(13)7-8-18/h3-4,9-10,18H,5,7-8H2,1-2H3. The first kappa shape index (κ1) is 12.6. The molecule has 1 heterocycles. The van der Waals surface area contributed by atoms with Gasteiger partial charge >= 0.3 is 0 Å². The molecular formula is C14H17N3O. The van der Waals surface area contributed by atoms with E-state index in [4.69, 9.17) is 10.4 Å². The van der Waals surface area contributed by atoms with Crippen molar-refractivity contribution in [2.24, 2.45) is 0 Å². The smallest absolute Gasteiger partial charge is 0.124 e. The molecule has 4 nitrogen and oxygen atoms in total. The van der Waals surface area contributed by atoms with Gasteiger partial charge in [-0.3, -0.25) is 0 Å². The van der Waals surface area contributed by atoms with Gasteiger partial charge < -0.3 is 9.67 Å². The Hall–Kier alpha value is -1.86. The summed E-state index contributed by atoms with van der Waals surface area (Å²) in [5.41, 5.74) is 3.12. The molecule has 0 spiro atoms. The fraction of sp³-hybridized carbons (Fsp3) is 0.429. The molecule has 0 bridgehead atoms. The van der Waals surface area contributed by atoms with Crippen LogP contribution in [0.4, 0.5) is 0 Å². The highest BCUT2D eigenvalue weighted by Gasteiger charge is 2.11. The molecule has 0 amide bonds. The SMILES string of the molecule is CC(C)c1ccc2c(c1)nc(CC#N)n2CCO. The van der Waals surface area contributed by atoms with Crippen LogP contribution in [0, 0.1) is 11.3 Å². The van der Waals surface area contributed by atoms with E-state index in [1.54, 1.807) is 0 Å². The summed E-state index contributed by atoms with van der Waals surface area (Å²) >= 11 is 0. The Morgan fingerprint density at radius 2 is 2.22 bits per heavy atom. The molecule has 0 unspecified atom stereocenters. The van der Waals surface area contributed by atoms with Crippen LogP contribution in [0.3, 0.4) is 0 Å². The summed E-state index contributed by atoms with van der Waals surface area (Å²) in [4.78, 5) is 4.49. The van der Waals surface area contributed by atoms with Gasteiger partial charge in [-0.1, -0.05) is 19.9 Å². The van der Waals surface area contributed by atoms with Crippen LogP contribution in [0.15, 0.2) is 18.2 Å². The number of aliphatic hydroxyl groups excluding tert-OH is 1. The number of hydrogen-bond donors (Lipinski definition) is 1. The largest absolute Gasteiger partial charge is 0.395 e. The summed E-state index contributed by atoms with van der Waals surface area (Å²) in [7, 11) is 0. The monoisotopic (exact) mass is 243 g/mol. The quantitative estimate of drug-likeness (QED) is 0.895. The van der Waals surface area contributed by atoms with Crippen LogP contribution >= 0.6 is 0 Å². The van der Waals surface area contributed by atoms with Crippen molar-refractivity contribution in [1.82, 2.24) is 9.55 Å². The minimum Gasteiger partial charge on any atom is -0.395 e. The van der Waals surface area contributed by atoms with Gasteiger partial charge in [-0.15, -0.1) is 0 Å². The van der Waals surface area contributed by atoms with Crippen molar-refractivity contribution in [2.45, 2.75) is 32.7 Å². The molecule has 0 saturated carbocycles. The molecule has 2 aromatic rings. The maximum atomic E-state index is 9.10. The van der Waals surface area contributed by atoms with Crippen molar-refractivity contribution in [1.29, 1.82) is 5.26 Å². The van der Waals surface area contributed by atoms with Crippen LogP contribution in [0.1, 0.15) is 31.2 Å². The summed E-state index contributed by atoms with van der Waals surface area (Å²) in [6, 6.07) is 8.28. The van der Waals surface area contributed by atoms with Gasteiger partial charge in [0.15, 0.2) is 0 Å². The van der Waals surface area contributed by atoms with Crippen LogP contribution in [0.5, 0.6) is 0 Å². The first-order chi connectivity index (χ1) is 8.67.